The summed E-state index contributed by atoms with van der Waals surface area (Å²) >= 11 is 0. The van der Waals surface area contributed by atoms with Gasteiger partial charge in [-0.2, -0.15) is 0 Å². The molecule has 1 aromatic carbocycles. The van der Waals surface area contributed by atoms with E-state index < -0.39 is 29.6 Å². The molecule has 9 nitrogen and oxygen atoms in total. The maximum absolute atomic E-state index is 11.4. The van der Waals surface area contributed by atoms with E-state index in [1.807, 2.05) is 0 Å². The average molecular weight is 343 g/mol. The Balaban J connectivity index is 0.00000118. The minimum absolute atomic E-state index is 0.125. The summed E-state index contributed by atoms with van der Waals surface area (Å²) < 4.78 is 0. The second-order valence-corrected chi connectivity index (χ2v) is 4.74. The van der Waals surface area contributed by atoms with Crippen molar-refractivity contribution in [3.8, 4) is 11.5 Å². The Bertz CT molecular complexity index is 571. The molecule has 134 valence electrons. The highest BCUT2D eigenvalue weighted by molar-refractivity contribution is 5.97. The molecule has 0 heterocycles. The highest BCUT2D eigenvalue weighted by atomic mass is 16.4. The van der Waals surface area contributed by atoms with Gasteiger partial charge in [0.15, 0.2) is 11.5 Å². The molecule has 0 unspecified atom stereocenters. The van der Waals surface area contributed by atoms with Crippen LogP contribution in [0, 0.1) is 0 Å². The van der Waals surface area contributed by atoms with Gasteiger partial charge in [0.1, 0.15) is 6.04 Å². The SMILES string of the molecule is CC(=O)N(C(C)=O)[C@@H](Cc1ccc(O)c(O)c1)C(=O)O.OCCO. The van der Waals surface area contributed by atoms with Crippen molar-refractivity contribution < 1.29 is 39.9 Å². The van der Waals surface area contributed by atoms with Crippen LogP contribution in [0.4, 0.5) is 0 Å². The number of imide groups is 1. The van der Waals surface area contributed by atoms with Crippen molar-refractivity contribution in [1.82, 2.24) is 4.90 Å². The topological polar surface area (TPSA) is 156 Å². The Morgan fingerprint density at radius 2 is 1.50 bits per heavy atom. The zero-order valence-electron chi connectivity index (χ0n) is 13.3. The molecule has 0 aliphatic heterocycles. The minimum atomic E-state index is -1.37. The standard InChI is InChI=1S/C13H15NO6.C2H6O2/c1-7(15)14(8(2)16)10(13(19)20)5-9-3-4-11(17)12(18)6-9;3-1-2-4/h3-4,6,10,17-18H,5H2,1-2H3,(H,19,20);3-4H,1-2H2/t10-;/m0./s1. The van der Waals surface area contributed by atoms with Crippen LogP contribution < -0.4 is 0 Å². The van der Waals surface area contributed by atoms with Gasteiger partial charge in [0.25, 0.3) is 0 Å². The number of phenols is 2. The number of aliphatic hydroxyl groups excluding tert-OH is 2. The van der Waals surface area contributed by atoms with Gasteiger partial charge in [-0.15, -0.1) is 0 Å². The van der Waals surface area contributed by atoms with Crippen molar-refractivity contribution in [2.24, 2.45) is 0 Å². The molecule has 0 saturated carbocycles. The summed E-state index contributed by atoms with van der Waals surface area (Å²) in [5.74, 6) is -3.41. The van der Waals surface area contributed by atoms with Crippen LogP contribution in [0.2, 0.25) is 0 Å². The Kier molecular flexibility index (Phi) is 9.06. The molecule has 0 aliphatic carbocycles. The number of nitrogens with zero attached hydrogens (tertiary/aromatic N) is 1. The second kappa shape index (κ2) is 10.2. The fourth-order valence-electron chi connectivity index (χ4n) is 1.87. The first-order chi connectivity index (χ1) is 11.1. The number of carboxylic acid groups (broad SMARTS) is 1. The number of phenolic OH excluding ortho intramolecular Hbond substituents is 2. The summed E-state index contributed by atoms with van der Waals surface area (Å²) in [5, 5.41) is 43.0. The molecule has 1 rings (SSSR count). The summed E-state index contributed by atoms with van der Waals surface area (Å²) in [6.45, 7) is 1.96. The molecular weight excluding hydrogens is 322 g/mol. The van der Waals surface area contributed by atoms with Gasteiger partial charge in [-0.1, -0.05) is 6.07 Å². The summed E-state index contributed by atoms with van der Waals surface area (Å²) in [6.07, 6.45) is -0.164. The predicted octanol–water partition coefficient (Wildman–Crippen LogP) is -0.541. The first-order valence-electron chi connectivity index (χ1n) is 6.91. The van der Waals surface area contributed by atoms with Crippen LogP contribution in [0.3, 0.4) is 0 Å². The van der Waals surface area contributed by atoms with E-state index in [1.54, 1.807) is 0 Å². The summed E-state index contributed by atoms with van der Waals surface area (Å²) in [7, 11) is 0. The van der Waals surface area contributed by atoms with Crippen LogP contribution in [-0.2, 0) is 20.8 Å². The molecule has 1 aromatic rings. The minimum Gasteiger partial charge on any atom is -0.504 e. The Morgan fingerprint density at radius 1 is 1.00 bits per heavy atom. The van der Waals surface area contributed by atoms with Crippen molar-refractivity contribution in [3.63, 3.8) is 0 Å². The number of aromatic hydroxyl groups is 2. The molecule has 0 aliphatic rings. The number of aliphatic carboxylic acids is 1. The Morgan fingerprint density at radius 3 is 1.83 bits per heavy atom. The second-order valence-electron chi connectivity index (χ2n) is 4.74. The molecule has 9 heteroatoms. The summed E-state index contributed by atoms with van der Waals surface area (Å²) in [5.41, 5.74) is 0.375. The highest BCUT2D eigenvalue weighted by Gasteiger charge is 2.31. The molecule has 0 fully saturated rings. The van der Waals surface area contributed by atoms with Gasteiger partial charge >= 0.3 is 5.97 Å². The number of carbonyl (C=O) groups excluding carboxylic acids is 2. The van der Waals surface area contributed by atoms with Crippen LogP contribution >= 0.6 is 0 Å². The van der Waals surface area contributed by atoms with Gasteiger partial charge in [-0.05, 0) is 17.7 Å². The van der Waals surface area contributed by atoms with Gasteiger partial charge in [0.05, 0.1) is 13.2 Å². The third-order valence-corrected chi connectivity index (χ3v) is 2.84. The molecule has 0 saturated heterocycles. The molecule has 24 heavy (non-hydrogen) atoms. The zero-order chi connectivity index (χ0) is 18.9. The largest absolute Gasteiger partial charge is 0.504 e. The zero-order valence-corrected chi connectivity index (χ0v) is 13.3. The fourth-order valence-corrected chi connectivity index (χ4v) is 1.87. The van der Waals surface area contributed by atoms with Gasteiger partial charge < -0.3 is 25.5 Å². The lowest BCUT2D eigenvalue weighted by Gasteiger charge is -2.25. The number of aliphatic hydroxyl groups is 2. The molecule has 5 N–H and O–H groups in total. The van der Waals surface area contributed by atoms with Crippen LogP contribution in [0.15, 0.2) is 18.2 Å². The van der Waals surface area contributed by atoms with Crippen molar-refractivity contribution in [2.45, 2.75) is 26.3 Å². The van der Waals surface area contributed by atoms with Crippen molar-refractivity contribution in [3.05, 3.63) is 23.8 Å². The maximum atomic E-state index is 11.4. The van der Waals surface area contributed by atoms with Gasteiger partial charge in [-0.3, -0.25) is 14.5 Å². The third kappa shape index (κ3) is 6.63. The quantitative estimate of drug-likeness (QED) is 0.446. The fraction of sp³-hybridized carbons (Fsp3) is 0.400. The monoisotopic (exact) mass is 343 g/mol. The molecule has 0 radical (unpaired) electrons. The number of rotatable bonds is 5. The van der Waals surface area contributed by atoms with E-state index in [1.165, 1.54) is 18.2 Å². The van der Waals surface area contributed by atoms with Crippen molar-refractivity contribution in [2.75, 3.05) is 13.2 Å². The van der Waals surface area contributed by atoms with E-state index >= 15 is 0 Å². The molecular formula is C15H21NO8. The van der Waals surface area contributed by atoms with E-state index in [-0.39, 0.29) is 25.4 Å². The number of carbonyl (C=O) groups is 3. The van der Waals surface area contributed by atoms with Gasteiger partial charge in [0, 0.05) is 20.3 Å². The van der Waals surface area contributed by atoms with E-state index in [0.717, 1.165) is 13.8 Å². The molecule has 0 aromatic heterocycles. The first-order valence-corrected chi connectivity index (χ1v) is 6.91. The number of hydrogen-bond acceptors (Lipinski definition) is 7. The van der Waals surface area contributed by atoms with Crippen LogP contribution in [0.1, 0.15) is 19.4 Å². The smallest absolute Gasteiger partial charge is 0.327 e. The average Bonchev–Trinajstić information content (AvgIpc) is 2.49. The lowest BCUT2D eigenvalue weighted by atomic mass is 10.0. The Labute approximate surface area is 138 Å². The lowest BCUT2D eigenvalue weighted by molar-refractivity contribution is -0.156. The Hall–Kier alpha value is -2.65. The van der Waals surface area contributed by atoms with Crippen LogP contribution in [0.25, 0.3) is 0 Å². The molecule has 0 bridgehead atoms. The van der Waals surface area contributed by atoms with Crippen LogP contribution in [-0.4, -0.2) is 67.5 Å². The molecule has 1 atom stereocenters. The number of amides is 2. The molecule has 2 amide bonds. The number of benzene rings is 1. The summed E-state index contributed by atoms with van der Waals surface area (Å²) in [4.78, 5) is 34.7. The maximum Gasteiger partial charge on any atom is 0.327 e. The first kappa shape index (κ1) is 21.4. The van der Waals surface area contributed by atoms with Crippen molar-refractivity contribution in [1.29, 1.82) is 0 Å². The predicted molar refractivity (Wildman–Crippen MR) is 82.3 cm³/mol. The van der Waals surface area contributed by atoms with Crippen molar-refractivity contribution >= 4 is 17.8 Å². The number of carboxylic acids is 1. The van der Waals surface area contributed by atoms with Gasteiger partial charge in [0.2, 0.25) is 11.8 Å². The third-order valence-electron chi connectivity index (χ3n) is 2.84. The highest BCUT2D eigenvalue weighted by Crippen LogP contribution is 2.26. The van der Waals surface area contributed by atoms with E-state index in [2.05, 4.69) is 0 Å². The van der Waals surface area contributed by atoms with E-state index in [0.29, 0.717) is 10.5 Å². The van der Waals surface area contributed by atoms with Gasteiger partial charge in [-0.25, -0.2) is 4.79 Å². The molecule has 0 spiro atoms. The lowest BCUT2D eigenvalue weighted by Crippen LogP contribution is -2.48. The van der Waals surface area contributed by atoms with Crippen LogP contribution in [0.5, 0.6) is 11.5 Å². The normalized spacial score (nSPS) is 11.0. The van der Waals surface area contributed by atoms with E-state index in [4.69, 9.17) is 15.3 Å². The number of hydrogen-bond donors (Lipinski definition) is 5. The summed E-state index contributed by atoms with van der Waals surface area (Å²) in [6, 6.07) is 2.43. The van der Waals surface area contributed by atoms with E-state index in [9.17, 15) is 24.6 Å².